The highest BCUT2D eigenvalue weighted by molar-refractivity contribution is 5.86. The Morgan fingerprint density at radius 1 is 0.957 bits per heavy atom. The van der Waals surface area contributed by atoms with Crippen LogP contribution < -0.4 is 40.3 Å². The van der Waals surface area contributed by atoms with Crippen molar-refractivity contribution in [2.24, 2.45) is 0 Å². The molecule has 5 rings (SSSR count). The van der Waals surface area contributed by atoms with E-state index in [0.29, 0.717) is 54.3 Å². The first kappa shape index (κ1) is 32.2. The SMILES string of the molecule is COc1ccc2c(ccn2CCNC(=O)[C@H](C)Nc2ccc3c(cc2=O)[C@@H](NC(C)=O)CCc2cc(OC)c(OC)c(OC)c2-3)c1. The van der Waals surface area contributed by atoms with E-state index in [1.54, 1.807) is 34.3 Å². The molecule has 3 N–H and O–H groups in total. The second kappa shape index (κ2) is 13.8. The first-order chi connectivity index (χ1) is 22.2. The van der Waals surface area contributed by atoms with Gasteiger partial charge in [0.1, 0.15) is 11.8 Å². The lowest BCUT2D eigenvalue weighted by Crippen LogP contribution is -2.39. The fourth-order valence-corrected chi connectivity index (χ4v) is 6.08. The van der Waals surface area contributed by atoms with E-state index in [9.17, 15) is 14.4 Å². The summed E-state index contributed by atoms with van der Waals surface area (Å²) in [6.07, 6.45) is 3.12. The smallest absolute Gasteiger partial charge is 0.242 e. The number of carbonyl (C=O) groups is 2. The maximum Gasteiger partial charge on any atom is 0.242 e. The van der Waals surface area contributed by atoms with Crippen LogP contribution in [0.25, 0.3) is 22.0 Å². The minimum Gasteiger partial charge on any atom is -0.497 e. The van der Waals surface area contributed by atoms with Gasteiger partial charge in [-0.1, -0.05) is 6.07 Å². The van der Waals surface area contributed by atoms with E-state index in [2.05, 4.69) is 20.5 Å². The Labute approximate surface area is 267 Å². The molecule has 0 saturated carbocycles. The van der Waals surface area contributed by atoms with Crippen molar-refractivity contribution in [1.29, 1.82) is 0 Å². The predicted molar refractivity (Wildman–Crippen MR) is 177 cm³/mol. The number of hydrogen-bond acceptors (Lipinski definition) is 8. The average Bonchev–Trinajstić information content (AvgIpc) is 3.31. The second-order valence-corrected chi connectivity index (χ2v) is 11.2. The number of nitrogens with one attached hydrogen (secondary N) is 3. The fraction of sp³-hybridized carbons (Fsp3) is 0.343. The van der Waals surface area contributed by atoms with Gasteiger partial charge in [-0.2, -0.15) is 0 Å². The molecule has 46 heavy (non-hydrogen) atoms. The van der Waals surface area contributed by atoms with Gasteiger partial charge in [0.25, 0.3) is 0 Å². The van der Waals surface area contributed by atoms with Crippen LogP contribution in [0.3, 0.4) is 0 Å². The Bertz CT molecular complexity index is 1830. The summed E-state index contributed by atoms with van der Waals surface area (Å²) >= 11 is 0. The molecule has 11 heteroatoms. The summed E-state index contributed by atoms with van der Waals surface area (Å²) in [7, 11) is 6.29. The number of aryl methyl sites for hydroxylation is 1. The van der Waals surface area contributed by atoms with Gasteiger partial charge < -0.3 is 39.5 Å². The number of methoxy groups -OCH3 is 4. The van der Waals surface area contributed by atoms with Crippen molar-refractivity contribution in [2.45, 2.75) is 45.3 Å². The summed E-state index contributed by atoms with van der Waals surface area (Å²) in [6, 6.07) is 13.7. The molecule has 242 valence electrons. The number of benzene rings is 2. The van der Waals surface area contributed by atoms with Crippen LogP contribution in [0.4, 0.5) is 5.69 Å². The van der Waals surface area contributed by atoms with Crippen molar-refractivity contribution in [3.05, 3.63) is 76.1 Å². The lowest BCUT2D eigenvalue weighted by Gasteiger charge is -2.19. The van der Waals surface area contributed by atoms with Gasteiger partial charge in [-0.25, -0.2) is 0 Å². The lowest BCUT2D eigenvalue weighted by molar-refractivity contribution is -0.121. The number of amides is 2. The number of ether oxygens (including phenoxy) is 4. The van der Waals surface area contributed by atoms with E-state index in [0.717, 1.165) is 27.8 Å². The first-order valence-corrected chi connectivity index (χ1v) is 15.1. The molecule has 2 amide bonds. The van der Waals surface area contributed by atoms with Crippen LogP contribution in [0.5, 0.6) is 23.0 Å². The summed E-state index contributed by atoms with van der Waals surface area (Å²) in [4.78, 5) is 38.9. The highest BCUT2D eigenvalue weighted by Crippen LogP contribution is 2.50. The summed E-state index contributed by atoms with van der Waals surface area (Å²) in [5.41, 5.74) is 4.03. The monoisotopic (exact) mass is 628 g/mol. The van der Waals surface area contributed by atoms with Gasteiger partial charge in [0.2, 0.25) is 23.0 Å². The number of carbonyl (C=O) groups excluding carboxylic acids is 2. The van der Waals surface area contributed by atoms with Crippen LogP contribution in [0.1, 0.15) is 37.4 Å². The van der Waals surface area contributed by atoms with Crippen molar-refractivity contribution >= 4 is 28.4 Å². The molecule has 1 aliphatic rings. The first-order valence-electron chi connectivity index (χ1n) is 15.1. The molecule has 2 atom stereocenters. The van der Waals surface area contributed by atoms with Crippen LogP contribution in [0.2, 0.25) is 0 Å². The Kier molecular flexibility index (Phi) is 9.69. The van der Waals surface area contributed by atoms with Gasteiger partial charge >= 0.3 is 0 Å². The van der Waals surface area contributed by atoms with Gasteiger partial charge in [-0.15, -0.1) is 0 Å². The van der Waals surface area contributed by atoms with Crippen molar-refractivity contribution in [2.75, 3.05) is 40.3 Å². The van der Waals surface area contributed by atoms with E-state index in [-0.39, 0.29) is 22.9 Å². The van der Waals surface area contributed by atoms with Gasteiger partial charge in [-0.05, 0) is 78.9 Å². The minimum absolute atomic E-state index is 0.209. The van der Waals surface area contributed by atoms with Gasteiger partial charge in [-0.3, -0.25) is 14.4 Å². The molecule has 0 fully saturated rings. The molecule has 1 aromatic heterocycles. The molecule has 1 heterocycles. The van der Waals surface area contributed by atoms with E-state index < -0.39 is 12.1 Å². The van der Waals surface area contributed by atoms with Crippen LogP contribution >= 0.6 is 0 Å². The topological polar surface area (TPSA) is 129 Å². The predicted octanol–water partition coefficient (Wildman–Crippen LogP) is 4.44. The molecule has 11 nitrogen and oxygen atoms in total. The molecule has 0 aliphatic heterocycles. The maximum absolute atomic E-state index is 13.6. The zero-order chi connectivity index (χ0) is 33.0. The molecule has 4 aromatic rings. The molecule has 0 spiro atoms. The number of nitrogens with zero attached hydrogens (tertiary/aromatic N) is 1. The highest BCUT2D eigenvalue weighted by atomic mass is 16.5. The van der Waals surface area contributed by atoms with Crippen LogP contribution in [-0.2, 0) is 22.6 Å². The number of aromatic nitrogens is 1. The van der Waals surface area contributed by atoms with Crippen LogP contribution in [-0.4, -0.2) is 57.4 Å². The Morgan fingerprint density at radius 3 is 2.43 bits per heavy atom. The van der Waals surface area contributed by atoms with Gasteiger partial charge in [0.15, 0.2) is 11.5 Å². The van der Waals surface area contributed by atoms with E-state index in [4.69, 9.17) is 18.9 Å². The zero-order valence-electron chi connectivity index (χ0n) is 27.0. The highest BCUT2D eigenvalue weighted by Gasteiger charge is 2.29. The molecule has 1 aliphatic carbocycles. The molecule has 0 bridgehead atoms. The summed E-state index contributed by atoms with van der Waals surface area (Å²) in [5, 5.41) is 10.1. The Hall–Kier alpha value is -5.19. The third-order valence-electron chi connectivity index (χ3n) is 8.31. The normalized spacial score (nSPS) is 14.3. The lowest BCUT2D eigenvalue weighted by atomic mass is 9.95. The standard InChI is InChI=1S/C35H40N4O7/c1-20(35(42)36-14-16-39-15-13-22-17-24(43-3)8-12-29(22)39)37-28-11-9-25-26(19-30(28)41)27(38-21(2)40)10-7-23-18-31(44-4)33(45-5)34(46-6)32(23)25/h8-9,11-13,15,17-20,27H,7,10,14,16H2,1-6H3,(H,36,42)(H,37,41)(H,38,40)/t20-,27-/m0/s1. The minimum atomic E-state index is -0.696. The van der Waals surface area contributed by atoms with Crippen molar-refractivity contribution in [3.63, 3.8) is 0 Å². The number of fused-ring (bicyclic) bond motifs is 4. The molecule has 3 aromatic carbocycles. The summed E-state index contributed by atoms with van der Waals surface area (Å²) in [5.74, 6) is 1.76. The van der Waals surface area contributed by atoms with Crippen molar-refractivity contribution in [1.82, 2.24) is 15.2 Å². The summed E-state index contributed by atoms with van der Waals surface area (Å²) < 4.78 is 24.5. The van der Waals surface area contributed by atoms with Gasteiger partial charge in [0.05, 0.1) is 40.2 Å². The largest absolute Gasteiger partial charge is 0.497 e. The molecular weight excluding hydrogens is 588 g/mol. The molecular formula is C35H40N4O7. The molecule has 0 unspecified atom stereocenters. The fourth-order valence-electron chi connectivity index (χ4n) is 6.08. The zero-order valence-corrected chi connectivity index (χ0v) is 27.0. The third-order valence-corrected chi connectivity index (χ3v) is 8.31. The van der Waals surface area contributed by atoms with E-state index in [1.807, 2.05) is 42.6 Å². The van der Waals surface area contributed by atoms with E-state index in [1.165, 1.54) is 20.1 Å². The quantitative estimate of drug-likeness (QED) is 0.222. The second-order valence-electron chi connectivity index (χ2n) is 11.2. The summed E-state index contributed by atoms with van der Waals surface area (Å²) in [6.45, 7) is 4.14. The maximum atomic E-state index is 13.6. The Balaban J connectivity index is 1.41. The van der Waals surface area contributed by atoms with Gasteiger partial charge in [0, 0.05) is 42.7 Å². The molecule has 0 radical (unpaired) electrons. The molecule has 0 saturated heterocycles. The number of rotatable bonds is 11. The third kappa shape index (κ3) is 6.44. The van der Waals surface area contributed by atoms with Crippen LogP contribution in [0.15, 0.2) is 59.5 Å². The van der Waals surface area contributed by atoms with E-state index >= 15 is 0 Å². The Morgan fingerprint density at radius 2 is 1.74 bits per heavy atom. The average molecular weight is 629 g/mol. The van der Waals surface area contributed by atoms with Crippen molar-refractivity contribution in [3.8, 4) is 34.1 Å². The van der Waals surface area contributed by atoms with Crippen molar-refractivity contribution < 1.29 is 28.5 Å². The number of hydrogen-bond donors (Lipinski definition) is 3. The van der Waals surface area contributed by atoms with Crippen LogP contribution in [0, 0.1) is 0 Å². The number of anilines is 1.